The fourth-order valence-electron chi connectivity index (χ4n) is 2.47. The zero-order valence-electron chi connectivity index (χ0n) is 14.9. The largest absolute Gasteiger partial charge is 0.507 e. The lowest BCUT2D eigenvalue weighted by Crippen LogP contribution is -2.22. The molecule has 8 nitrogen and oxygen atoms in total. The van der Waals surface area contributed by atoms with Gasteiger partial charge in [0.1, 0.15) is 11.5 Å². The molecule has 3 N–H and O–H groups in total. The van der Waals surface area contributed by atoms with Crippen LogP contribution in [-0.4, -0.2) is 40.6 Å². The Balaban J connectivity index is 2.34. The van der Waals surface area contributed by atoms with Gasteiger partial charge in [0.2, 0.25) is 0 Å². The highest BCUT2D eigenvalue weighted by Crippen LogP contribution is 2.32. The molecule has 1 heterocycles. The number of aromatic nitrogens is 3. The Morgan fingerprint density at radius 3 is 1.67 bits per heavy atom. The molecule has 2 aromatic carbocycles. The molecule has 0 spiro atoms. The van der Waals surface area contributed by atoms with Gasteiger partial charge in [-0.2, -0.15) is 9.97 Å². The summed E-state index contributed by atoms with van der Waals surface area (Å²) in [5.74, 6) is -0.232. The van der Waals surface area contributed by atoms with E-state index in [2.05, 4.69) is 19.7 Å². The van der Waals surface area contributed by atoms with Crippen LogP contribution in [0.4, 0.5) is 0 Å². The van der Waals surface area contributed by atoms with Gasteiger partial charge in [0, 0.05) is 0 Å². The van der Waals surface area contributed by atoms with Crippen molar-refractivity contribution in [3.05, 3.63) is 47.5 Å². The molecule has 140 valence electrons. The van der Waals surface area contributed by atoms with E-state index in [9.17, 15) is 18.6 Å². The molecule has 3 aromatic rings. The van der Waals surface area contributed by atoms with Gasteiger partial charge in [-0.25, -0.2) is 18.1 Å². The summed E-state index contributed by atoms with van der Waals surface area (Å²) in [4.78, 5) is 12.3. The van der Waals surface area contributed by atoms with Gasteiger partial charge in [-0.1, -0.05) is 23.3 Å². The number of phenolic OH excluding ortho intramolecular Hbond substituents is 2. The zero-order valence-corrected chi connectivity index (χ0v) is 15.7. The van der Waals surface area contributed by atoms with Crippen LogP contribution in [0, 0.1) is 13.8 Å². The molecular formula is C18H18N4O4S. The topological polar surface area (TPSA) is 125 Å². The lowest BCUT2D eigenvalue weighted by Gasteiger charge is -2.10. The van der Waals surface area contributed by atoms with Gasteiger partial charge in [0.15, 0.2) is 11.6 Å². The predicted octanol–water partition coefficient (Wildman–Crippen LogP) is 2.14. The highest BCUT2D eigenvalue weighted by molar-refractivity contribution is 7.89. The third-order valence-electron chi connectivity index (χ3n) is 3.91. The molecule has 0 bridgehead atoms. The van der Waals surface area contributed by atoms with Crippen LogP contribution in [0.3, 0.4) is 0 Å². The molecule has 1 aromatic heterocycles. The van der Waals surface area contributed by atoms with Gasteiger partial charge in [0.05, 0.1) is 11.1 Å². The summed E-state index contributed by atoms with van der Waals surface area (Å²) in [6.07, 6.45) is 0. The zero-order chi connectivity index (χ0) is 19.8. The van der Waals surface area contributed by atoms with Gasteiger partial charge in [0.25, 0.3) is 15.2 Å². The standard InChI is InChI=1S/C18H18N4O4S/c1-10-4-6-14(23)12(8-10)16-20-17(13-9-11(2)5-7-15(13)24)22-18(21-16)27(25,26)19-3/h4-9,19,23-24H,1-3H3. The maximum Gasteiger partial charge on any atom is 0.276 e. The number of hydrogen-bond donors (Lipinski definition) is 3. The molecule has 0 aliphatic carbocycles. The third kappa shape index (κ3) is 3.74. The van der Waals surface area contributed by atoms with E-state index in [0.717, 1.165) is 11.1 Å². The van der Waals surface area contributed by atoms with E-state index in [-0.39, 0.29) is 34.3 Å². The van der Waals surface area contributed by atoms with Crippen LogP contribution in [-0.2, 0) is 10.0 Å². The average molecular weight is 386 g/mol. The first-order valence-corrected chi connectivity index (χ1v) is 9.49. The number of benzene rings is 2. The van der Waals surface area contributed by atoms with Crippen molar-refractivity contribution in [2.45, 2.75) is 19.0 Å². The van der Waals surface area contributed by atoms with E-state index in [1.807, 2.05) is 13.8 Å². The van der Waals surface area contributed by atoms with E-state index in [0.29, 0.717) is 0 Å². The van der Waals surface area contributed by atoms with Crippen molar-refractivity contribution in [2.75, 3.05) is 7.05 Å². The number of sulfonamides is 1. The predicted molar refractivity (Wildman–Crippen MR) is 99.7 cm³/mol. The third-order valence-corrected chi connectivity index (χ3v) is 5.11. The lowest BCUT2D eigenvalue weighted by molar-refractivity contribution is 0.476. The van der Waals surface area contributed by atoms with Gasteiger partial charge in [-0.05, 0) is 45.2 Å². The molecule has 27 heavy (non-hydrogen) atoms. The number of hydrogen-bond acceptors (Lipinski definition) is 7. The van der Waals surface area contributed by atoms with Crippen molar-refractivity contribution in [1.29, 1.82) is 0 Å². The SMILES string of the molecule is CNS(=O)(=O)c1nc(-c2cc(C)ccc2O)nc(-c2cc(C)ccc2O)n1. The van der Waals surface area contributed by atoms with Crippen LogP contribution in [0.25, 0.3) is 22.8 Å². The van der Waals surface area contributed by atoms with Crippen molar-refractivity contribution in [2.24, 2.45) is 0 Å². The summed E-state index contributed by atoms with van der Waals surface area (Å²) in [5.41, 5.74) is 2.19. The number of phenols is 2. The summed E-state index contributed by atoms with van der Waals surface area (Å²) in [6.45, 7) is 3.64. The Kier molecular flexibility index (Phi) is 4.81. The minimum atomic E-state index is -3.98. The maximum absolute atomic E-state index is 12.3. The smallest absolute Gasteiger partial charge is 0.276 e. The Morgan fingerprint density at radius 1 is 0.815 bits per heavy atom. The Labute approximate surface area is 156 Å². The highest BCUT2D eigenvalue weighted by atomic mass is 32.2. The molecule has 0 atom stereocenters. The summed E-state index contributed by atoms with van der Waals surface area (Å²) in [6, 6.07) is 9.65. The normalized spacial score (nSPS) is 11.5. The van der Waals surface area contributed by atoms with Crippen molar-refractivity contribution >= 4 is 10.0 Å². The van der Waals surface area contributed by atoms with Gasteiger partial charge in [-0.3, -0.25) is 0 Å². The highest BCUT2D eigenvalue weighted by Gasteiger charge is 2.22. The van der Waals surface area contributed by atoms with E-state index in [1.165, 1.54) is 19.2 Å². The van der Waals surface area contributed by atoms with E-state index in [1.54, 1.807) is 24.3 Å². The fraction of sp³-hybridized carbons (Fsp3) is 0.167. The Bertz CT molecular complexity index is 1060. The number of nitrogens with zero attached hydrogens (tertiary/aromatic N) is 3. The molecule has 0 amide bonds. The first-order valence-electron chi connectivity index (χ1n) is 8.01. The summed E-state index contributed by atoms with van der Waals surface area (Å²) in [5, 5.41) is 19.9. The Hall–Kier alpha value is -3.04. The molecule has 0 aliphatic rings. The quantitative estimate of drug-likeness (QED) is 0.627. The molecule has 0 unspecified atom stereocenters. The summed E-state index contributed by atoms with van der Waals surface area (Å²) >= 11 is 0. The molecule has 0 saturated heterocycles. The molecule has 0 aliphatic heterocycles. The molecule has 3 rings (SSSR count). The van der Waals surface area contributed by atoms with Gasteiger partial charge in [-0.15, -0.1) is 0 Å². The van der Waals surface area contributed by atoms with E-state index >= 15 is 0 Å². The lowest BCUT2D eigenvalue weighted by atomic mass is 10.1. The number of nitrogens with one attached hydrogen (secondary N) is 1. The van der Waals surface area contributed by atoms with Crippen LogP contribution >= 0.6 is 0 Å². The monoisotopic (exact) mass is 386 g/mol. The van der Waals surface area contributed by atoms with E-state index in [4.69, 9.17) is 0 Å². The van der Waals surface area contributed by atoms with E-state index < -0.39 is 15.2 Å². The van der Waals surface area contributed by atoms with Gasteiger partial charge >= 0.3 is 0 Å². The second kappa shape index (κ2) is 6.93. The molecular weight excluding hydrogens is 368 g/mol. The molecule has 9 heteroatoms. The molecule has 0 radical (unpaired) electrons. The molecule has 0 saturated carbocycles. The number of aromatic hydroxyl groups is 2. The van der Waals surface area contributed by atoms with Crippen LogP contribution in [0.1, 0.15) is 11.1 Å². The van der Waals surface area contributed by atoms with Crippen LogP contribution in [0.15, 0.2) is 41.6 Å². The average Bonchev–Trinajstić information content (AvgIpc) is 2.65. The second-order valence-electron chi connectivity index (χ2n) is 6.01. The minimum Gasteiger partial charge on any atom is -0.507 e. The van der Waals surface area contributed by atoms with Crippen molar-refractivity contribution < 1.29 is 18.6 Å². The number of aryl methyl sites for hydroxylation is 2. The van der Waals surface area contributed by atoms with Crippen LogP contribution in [0.5, 0.6) is 11.5 Å². The van der Waals surface area contributed by atoms with Crippen LogP contribution < -0.4 is 4.72 Å². The summed E-state index contributed by atoms with van der Waals surface area (Å²) < 4.78 is 26.7. The Morgan fingerprint density at radius 2 is 1.26 bits per heavy atom. The maximum atomic E-state index is 12.3. The summed E-state index contributed by atoms with van der Waals surface area (Å²) in [7, 11) is -2.74. The van der Waals surface area contributed by atoms with Crippen molar-refractivity contribution in [3.8, 4) is 34.3 Å². The first-order chi connectivity index (χ1) is 12.7. The second-order valence-corrected chi connectivity index (χ2v) is 7.79. The van der Waals surface area contributed by atoms with Crippen LogP contribution in [0.2, 0.25) is 0 Å². The number of rotatable bonds is 4. The first kappa shape index (κ1) is 18.7. The fourth-order valence-corrected chi connectivity index (χ4v) is 3.06. The minimum absolute atomic E-state index is 0.0177. The van der Waals surface area contributed by atoms with Crippen molar-refractivity contribution in [1.82, 2.24) is 19.7 Å². The van der Waals surface area contributed by atoms with Gasteiger partial charge < -0.3 is 10.2 Å². The van der Waals surface area contributed by atoms with Crippen molar-refractivity contribution in [3.63, 3.8) is 0 Å². The molecule has 0 fully saturated rings.